The quantitative estimate of drug-likeness (QED) is 0.810. The van der Waals surface area contributed by atoms with Crippen LogP contribution < -0.4 is 5.32 Å². The van der Waals surface area contributed by atoms with Crippen molar-refractivity contribution in [3.63, 3.8) is 0 Å². The molecule has 0 aliphatic rings. The maximum atomic E-state index is 12.9. The van der Waals surface area contributed by atoms with Crippen LogP contribution in [0.25, 0.3) is 0 Å². The first kappa shape index (κ1) is 22.7. The van der Waals surface area contributed by atoms with E-state index in [-0.39, 0.29) is 35.4 Å². The average Bonchev–Trinajstić information content (AvgIpc) is 3.04. The number of benzene rings is 1. The van der Waals surface area contributed by atoms with Crippen molar-refractivity contribution in [2.24, 2.45) is 0 Å². The summed E-state index contributed by atoms with van der Waals surface area (Å²) in [4.78, 5) is 27.3. The predicted octanol–water partition coefficient (Wildman–Crippen LogP) is 4.42. The van der Waals surface area contributed by atoms with Gasteiger partial charge < -0.3 is 10.2 Å². The summed E-state index contributed by atoms with van der Waals surface area (Å²) in [5.74, 6) is 0.243. The van der Waals surface area contributed by atoms with E-state index in [0.717, 1.165) is 5.69 Å². The molecule has 0 atom stereocenters. The monoisotopic (exact) mass is 398 g/mol. The predicted molar refractivity (Wildman–Crippen MR) is 117 cm³/mol. The molecule has 0 spiro atoms. The van der Waals surface area contributed by atoms with Gasteiger partial charge in [0.15, 0.2) is 0 Å². The summed E-state index contributed by atoms with van der Waals surface area (Å²) in [5.41, 5.74) is 1.06. The Morgan fingerprint density at radius 1 is 1.07 bits per heavy atom. The molecule has 29 heavy (non-hydrogen) atoms. The fraction of sp³-hybridized carbons (Fsp3) is 0.522. The van der Waals surface area contributed by atoms with Crippen molar-refractivity contribution in [2.75, 3.05) is 11.9 Å². The summed E-state index contributed by atoms with van der Waals surface area (Å²) in [7, 11) is 0. The molecule has 1 aromatic heterocycles. The summed E-state index contributed by atoms with van der Waals surface area (Å²) in [6.45, 7) is 16.2. The molecular weight excluding hydrogens is 364 g/mol. The molecule has 2 aromatic rings. The topological polar surface area (TPSA) is 67.2 Å². The maximum Gasteiger partial charge on any atom is 0.254 e. The van der Waals surface area contributed by atoms with Crippen LogP contribution in [0.3, 0.4) is 0 Å². The summed E-state index contributed by atoms with van der Waals surface area (Å²) in [6, 6.07) is 10.8. The van der Waals surface area contributed by atoms with Gasteiger partial charge in [0.25, 0.3) is 5.91 Å². The van der Waals surface area contributed by atoms with E-state index in [1.54, 1.807) is 17.0 Å². The van der Waals surface area contributed by atoms with Gasteiger partial charge in [-0.1, -0.05) is 39.0 Å². The van der Waals surface area contributed by atoms with Crippen LogP contribution >= 0.6 is 0 Å². The van der Waals surface area contributed by atoms with Crippen molar-refractivity contribution in [3.05, 3.63) is 47.7 Å². The Hall–Kier alpha value is -2.63. The van der Waals surface area contributed by atoms with E-state index in [2.05, 4.69) is 26.1 Å². The number of hydrogen-bond acceptors (Lipinski definition) is 3. The van der Waals surface area contributed by atoms with E-state index < -0.39 is 0 Å². The van der Waals surface area contributed by atoms with Gasteiger partial charge in [0.1, 0.15) is 12.4 Å². The molecule has 0 bridgehead atoms. The molecule has 0 aliphatic heterocycles. The summed E-state index contributed by atoms with van der Waals surface area (Å²) < 4.78 is 1.84. The van der Waals surface area contributed by atoms with Gasteiger partial charge in [-0.3, -0.25) is 9.59 Å². The summed E-state index contributed by atoms with van der Waals surface area (Å²) in [6.07, 6.45) is 0. The van der Waals surface area contributed by atoms with Crippen molar-refractivity contribution < 1.29 is 9.59 Å². The molecule has 0 saturated carbocycles. The molecule has 2 amide bonds. The molecule has 2 rings (SSSR count). The third-order valence-electron chi connectivity index (χ3n) is 4.60. The van der Waals surface area contributed by atoms with Crippen molar-refractivity contribution in [1.82, 2.24) is 14.7 Å². The normalized spacial score (nSPS) is 12.2. The number of amides is 2. The number of aromatic nitrogens is 2. The van der Waals surface area contributed by atoms with Crippen LogP contribution in [0.4, 0.5) is 5.82 Å². The molecule has 6 nitrogen and oxygen atoms in total. The zero-order chi connectivity index (χ0) is 22.0. The van der Waals surface area contributed by atoms with Crippen LogP contribution in [0, 0.1) is 0 Å². The lowest BCUT2D eigenvalue weighted by molar-refractivity contribution is -0.117. The molecule has 1 N–H and O–H groups in total. The highest BCUT2D eigenvalue weighted by molar-refractivity contribution is 5.99. The number of hydrogen-bond donors (Lipinski definition) is 1. The number of carbonyl (C=O) groups is 2. The van der Waals surface area contributed by atoms with Crippen molar-refractivity contribution in [3.8, 4) is 0 Å². The van der Waals surface area contributed by atoms with Crippen molar-refractivity contribution in [2.45, 2.75) is 72.4 Å². The summed E-state index contributed by atoms with van der Waals surface area (Å²) in [5, 5.41) is 7.69. The van der Waals surface area contributed by atoms with Gasteiger partial charge >= 0.3 is 0 Å². The molecule has 6 heteroatoms. The Morgan fingerprint density at radius 3 is 2.14 bits per heavy atom. The fourth-order valence-corrected chi connectivity index (χ4v) is 2.92. The van der Waals surface area contributed by atoms with Gasteiger partial charge in [0.05, 0.1) is 11.2 Å². The van der Waals surface area contributed by atoms with Crippen molar-refractivity contribution >= 4 is 17.6 Å². The highest BCUT2D eigenvalue weighted by Gasteiger charge is 2.27. The lowest BCUT2D eigenvalue weighted by Gasteiger charge is -2.27. The van der Waals surface area contributed by atoms with Gasteiger partial charge in [-0.2, -0.15) is 5.10 Å². The number of nitrogens with one attached hydrogen (secondary N) is 1. The molecule has 1 aromatic carbocycles. The first-order valence-electron chi connectivity index (χ1n) is 10.1. The highest BCUT2D eigenvalue weighted by atomic mass is 16.2. The molecule has 158 valence electrons. The van der Waals surface area contributed by atoms with E-state index >= 15 is 0 Å². The number of rotatable bonds is 5. The van der Waals surface area contributed by atoms with Gasteiger partial charge in [0.2, 0.25) is 5.91 Å². The lowest BCUT2D eigenvalue weighted by Crippen LogP contribution is -2.42. The number of nitrogens with zero attached hydrogens (tertiary/aromatic N) is 3. The second kappa shape index (κ2) is 8.39. The first-order valence-corrected chi connectivity index (χ1v) is 10.1. The van der Waals surface area contributed by atoms with E-state index in [9.17, 15) is 9.59 Å². The minimum Gasteiger partial charge on any atom is -0.327 e. The Kier molecular flexibility index (Phi) is 6.56. The molecule has 0 fully saturated rings. The highest BCUT2D eigenvalue weighted by Crippen LogP contribution is 2.28. The zero-order valence-corrected chi connectivity index (χ0v) is 18.9. The van der Waals surface area contributed by atoms with E-state index in [1.165, 1.54) is 0 Å². The standard InChI is InChI=1S/C23H34N4O2/c1-16(2)26(21(29)17-12-10-9-11-13-17)15-20(28)24-19-14-18(22(3,4)5)25-27(19)23(6,7)8/h9-14,16H,15H2,1-8H3,(H,24,28). The SMILES string of the molecule is CC(C)N(CC(=O)Nc1cc(C(C)(C)C)nn1C(C)(C)C)C(=O)c1ccccc1. The maximum absolute atomic E-state index is 12.9. The van der Waals surface area contributed by atoms with Crippen LogP contribution in [0.1, 0.15) is 71.4 Å². The third kappa shape index (κ3) is 5.68. The third-order valence-corrected chi connectivity index (χ3v) is 4.60. The van der Waals surface area contributed by atoms with Crippen LogP contribution in [0.5, 0.6) is 0 Å². The van der Waals surface area contributed by atoms with Crippen LogP contribution in [0.15, 0.2) is 36.4 Å². The Morgan fingerprint density at radius 2 is 1.66 bits per heavy atom. The number of anilines is 1. The minimum absolute atomic E-state index is 0.0223. The number of carbonyl (C=O) groups excluding carboxylic acids is 2. The van der Waals surface area contributed by atoms with Gasteiger partial charge in [-0.05, 0) is 46.8 Å². The van der Waals surface area contributed by atoms with Crippen molar-refractivity contribution in [1.29, 1.82) is 0 Å². The molecule has 0 unspecified atom stereocenters. The second-order valence-corrected chi connectivity index (χ2v) is 9.69. The van der Waals surface area contributed by atoms with Crippen LogP contribution in [0.2, 0.25) is 0 Å². The summed E-state index contributed by atoms with van der Waals surface area (Å²) >= 11 is 0. The minimum atomic E-state index is -0.288. The van der Waals surface area contributed by atoms with E-state index in [1.807, 2.05) is 63.6 Å². The average molecular weight is 399 g/mol. The molecule has 0 aliphatic carbocycles. The fourth-order valence-electron chi connectivity index (χ4n) is 2.92. The van der Waals surface area contributed by atoms with Gasteiger partial charge in [-0.25, -0.2) is 4.68 Å². The lowest BCUT2D eigenvalue weighted by atomic mass is 9.92. The van der Waals surface area contributed by atoms with Gasteiger partial charge in [-0.15, -0.1) is 0 Å². The smallest absolute Gasteiger partial charge is 0.254 e. The molecular formula is C23H34N4O2. The van der Waals surface area contributed by atoms with Crippen LogP contribution in [-0.4, -0.2) is 39.1 Å². The Balaban J connectivity index is 2.24. The van der Waals surface area contributed by atoms with E-state index in [4.69, 9.17) is 5.10 Å². The molecule has 0 saturated heterocycles. The Bertz CT molecular complexity index is 855. The van der Waals surface area contributed by atoms with Gasteiger partial charge in [0, 0.05) is 23.1 Å². The first-order chi connectivity index (χ1) is 13.3. The molecule has 0 radical (unpaired) electrons. The molecule has 1 heterocycles. The zero-order valence-electron chi connectivity index (χ0n) is 18.9. The Labute approximate surface area is 174 Å². The largest absolute Gasteiger partial charge is 0.327 e. The second-order valence-electron chi connectivity index (χ2n) is 9.69. The van der Waals surface area contributed by atoms with Crippen LogP contribution in [-0.2, 0) is 15.7 Å². The van der Waals surface area contributed by atoms with E-state index in [0.29, 0.717) is 11.4 Å².